The Balaban J connectivity index is 1.54. The smallest absolute Gasteiger partial charge is 0.166 e. The number of aromatic nitrogens is 3. The molecule has 0 spiro atoms. The first-order valence-corrected chi connectivity index (χ1v) is 11.3. The summed E-state index contributed by atoms with van der Waals surface area (Å²) in [6, 6.07) is 9.60. The first kappa shape index (κ1) is 22.8. The zero-order valence-corrected chi connectivity index (χ0v) is 20.0. The van der Waals surface area contributed by atoms with Crippen LogP contribution in [-0.2, 0) is 13.0 Å². The Morgan fingerprint density at radius 2 is 1.93 bits per heavy atom. The van der Waals surface area contributed by atoms with Gasteiger partial charge in [-0.25, -0.2) is 9.97 Å². The molecule has 10 heteroatoms. The predicted octanol–water partition coefficient (Wildman–Crippen LogP) is 4.59. The summed E-state index contributed by atoms with van der Waals surface area (Å²) in [7, 11) is 0. The lowest BCUT2D eigenvalue weighted by Crippen LogP contribution is -2.41. The molecule has 30 heavy (non-hydrogen) atoms. The maximum Gasteiger partial charge on any atom is 0.166 e. The lowest BCUT2D eigenvalue weighted by molar-refractivity contribution is 0.732. The fourth-order valence-electron chi connectivity index (χ4n) is 2.79. The quantitative estimate of drug-likeness (QED) is 0.354. The number of halogens is 3. The molecule has 0 aliphatic carbocycles. The number of nitrogens with zero attached hydrogens (tertiary/aromatic N) is 3. The van der Waals surface area contributed by atoms with E-state index in [4.69, 9.17) is 35.4 Å². The van der Waals surface area contributed by atoms with E-state index < -0.39 is 0 Å². The molecule has 3 N–H and O–H groups in total. The highest BCUT2D eigenvalue weighted by Crippen LogP contribution is 2.24. The molecule has 0 saturated carbocycles. The number of imidazole rings is 1. The second-order valence-electron chi connectivity index (χ2n) is 6.51. The number of thiocarbonyl (C=S) groups is 1. The molecule has 0 aliphatic heterocycles. The van der Waals surface area contributed by atoms with E-state index in [9.17, 15) is 0 Å². The van der Waals surface area contributed by atoms with Crippen LogP contribution in [0.2, 0.25) is 10.0 Å². The second-order valence-corrected chi connectivity index (χ2v) is 8.65. The number of nitrogens with one attached hydrogen (secondary N) is 3. The van der Waals surface area contributed by atoms with Crippen LogP contribution in [0, 0.1) is 0 Å². The minimum absolute atomic E-state index is 0.540. The zero-order chi connectivity index (χ0) is 21.3. The molecule has 3 aromatic rings. The van der Waals surface area contributed by atoms with Crippen LogP contribution in [0.4, 0.5) is 5.82 Å². The minimum Gasteiger partial charge on any atom is -0.362 e. The van der Waals surface area contributed by atoms with Crippen molar-refractivity contribution in [2.75, 3.05) is 24.5 Å². The van der Waals surface area contributed by atoms with Crippen molar-refractivity contribution in [2.24, 2.45) is 0 Å². The molecule has 6 nitrogen and oxygen atoms in total. The molecule has 0 aliphatic rings. The van der Waals surface area contributed by atoms with Gasteiger partial charge in [0.2, 0.25) is 0 Å². The number of benzene rings is 1. The van der Waals surface area contributed by atoms with Gasteiger partial charge in [0.15, 0.2) is 5.11 Å². The Bertz CT molecular complexity index is 952. The number of rotatable bonds is 9. The van der Waals surface area contributed by atoms with Gasteiger partial charge in [-0.2, -0.15) is 0 Å². The number of anilines is 1. The molecular weight excluding hydrogens is 507 g/mol. The molecule has 0 unspecified atom stereocenters. The Morgan fingerprint density at radius 3 is 2.63 bits per heavy atom. The molecule has 0 radical (unpaired) electrons. The van der Waals surface area contributed by atoms with Gasteiger partial charge in [-0.3, -0.25) is 0 Å². The van der Waals surface area contributed by atoms with Crippen molar-refractivity contribution in [1.82, 2.24) is 25.6 Å². The third-order valence-electron chi connectivity index (χ3n) is 4.30. The molecule has 158 valence electrons. The van der Waals surface area contributed by atoms with Crippen molar-refractivity contribution in [3.8, 4) is 0 Å². The largest absolute Gasteiger partial charge is 0.362 e. The summed E-state index contributed by atoms with van der Waals surface area (Å²) in [5, 5.41) is 8.16. The molecular formula is C20H21BrCl2N6S. The van der Waals surface area contributed by atoms with E-state index >= 15 is 0 Å². The highest BCUT2D eigenvalue weighted by atomic mass is 79.9. The van der Waals surface area contributed by atoms with Gasteiger partial charge in [0, 0.05) is 55.2 Å². The molecule has 3 rings (SSSR count). The van der Waals surface area contributed by atoms with Crippen molar-refractivity contribution in [2.45, 2.75) is 13.0 Å². The SMILES string of the molecule is S=C(NCCc1cnc[nH]1)NCCN(Cc1ccc(Cl)c(Cl)c1)c1ccc(Br)cn1. The number of H-pyrrole nitrogens is 1. The first-order valence-electron chi connectivity index (χ1n) is 9.30. The Kier molecular flexibility index (Phi) is 8.74. The first-order chi connectivity index (χ1) is 14.5. The minimum atomic E-state index is 0.540. The molecule has 1 aromatic carbocycles. The van der Waals surface area contributed by atoms with Crippen molar-refractivity contribution < 1.29 is 0 Å². The molecule has 2 heterocycles. The fourth-order valence-corrected chi connectivity index (χ4v) is 3.55. The molecule has 0 amide bonds. The lowest BCUT2D eigenvalue weighted by atomic mass is 10.2. The van der Waals surface area contributed by atoms with Crippen LogP contribution in [0.5, 0.6) is 0 Å². The lowest BCUT2D eigenvalue weighted by Gasteiger charge is -2.24. The van der Waals surface area contributed by atoms with E-state index in [1.807, 2.05) is 36.5 Å². The maximum atomic E-state index is 6.18. The van der Waals surface area contributed by atoms with Crippen LogP contribution in [0.1, 0.15) is 11.3 Å². The van der Waals surface area contributed by atoms with Crippen LogP contribution in [-0.4, -0.2) is 39.7 Å². The van der Waals surface area contributed by atoms with Crippen LogP contribution >= 0.6 is 51.3 Å². The van der Waals surface area contributed by atoms with Crippen LogP contribution in [0.15, 0.2) is 53.5 Å². The average molecular weight is 528 g/mol. The van der Waals surface area contributed by atoms with Gasteiger partial charge in [0.1, 0.15) is 5.82 Å². The number of hydrogen-bond donors (Lipinski definition) is 3. The van der Waals surface area contributed by atoms with Crippen LogP contribution in [0.25, 0.3) is 0 Å². The second kappa shape index (κ2) is 11.5. The highest BCUT2D eigenvalue weighted by molar-refractivity contribution is 9.10. The summed E-state index contributed by atoms with van der Waals surface area (Å²) < 4.78 is 0.932. The number of hydrogen-bond acceptors (Lipinski definition) is 4. The molecule has 0 bridgehead atoms. The maximum absolute atomic E-state index is 6.18. The normalized spacial score (nSPS) is 10.6. The average Bonchev–Trinajstić information content (AvgIpc) is 3.24. The van der Waals surface area contributed by atoms with E-state index in [-0.39, 0.29) is 0 Å². The number of aromatic amines is 1. The van der Waals surface area contributed by atoms with Crippen molar-refractivity contribution in [1.29, 1.82) is 0 Å². The van der Waals surface area contributed by atoms with Crippen LogP contribution < -0.4 is 15.5 Å². The van der Waals surface area contributed by atoms with E-state index in [0.29, 0.717) is 34.8 Å². The topological polar surface area (TPSA) is 68.9 Å². The molecule has 2 aromatic heterocycles. The van der Waals surface area contributed by atoms with Gasteiger partial charge in [-0.05, 0) is 58.0 Å². The Labute approximate surface area is 199 Å². The van der Waals surface area contributed by atoms with Crippen molar-refractivity contribution in [3.05, 3.63) is 74.8 Å². The number of pyridine rings is 1. The van der Waals surface area contributed by atoms with E-state index in [0.717, 1.165) is 34.5 Å². The van der Waals surface area contributed by atoms with E-state index in [2.05, 4.69) is 46.4 Å². The van der Waals surface area contributed by atoms with Gasteiger partial charge in [-0.1, -0.05) is 29.3 Å². The van der Waals surface area contributed by atoms with Gasteiger partial charge in [0.25, 0.3) is 0 Å². The monoisotopic (exact) mass is 526 g/mol. The predicted molar refractivity (Wildman–Crippen MR) is 130 cm³/mol. The van der Waals surface area contributed by atoms with Gasteiger partial charge < -0.3 is 20.5 Å². The molecule has 0 saturated heterocycles. The molecule has 0 fully saturated rings. The Morgan fingerprint density at radius 1 is 1.10 bits per heavy atom. The highest BCUT2D eigenvalue weighted by Gasteiger charge is 2.10. The zero-order valence-electron chi connectivity index (χ0n) is 16.0. The summed E-state index contributed by atoms with van der Waals surface area (Å²) >= 11 is 21.0. The van der Waals surface area contributed by atoms with Crippen molar-refractivity contribution >= 4 is 62.3 Å². The van der Waals surface area contributed by atoms with Gasteiger partial charge in [-0.15, -0.1) is 0 Å². The van der Waals surface area contributed by atoms with Crippen LogP contribution in [0.3, 0.4) is 0 Å². The molecule has 0 atom stereocenters. The third kappa shape index (κ3) is 7.12. The fraction of sp³-hybridized carbons (Fsp3) is 0.250. The summed E-state index contributed by atoms with van der Waals surface area (Å²) in [6.45, 7) is 2.74. The summed E-state index contributed by atoms with van der Waals surface area (Å²) in [5.41, 5.74) is 2.12. The third-order valence-corrected chi connectivity index (χ3v) is 5.79. The van der Waals surface area contributed by atoms with Crippen molar-refractivity contribution in [3.63, 3.8) is 0 Å². The summed E-state index contributed by atoms with van der Waals surface area (Å²) in [4.78, 5) is 13.8. The summed E-state index contributed by atoms with van der Waals surface area (Å²) in [6.07, 6.45) is 6.09. The Hall–Kier alpha value is -1.87. The van der Waals surface area contributed by atoms with Gasteiger partial charge in [0.05, 0.1) is 16.4 Å². The van der Waals surface area contributed by atoms with E-state index in [1.165, 1.54) is 0 Å². The summed E-state index contributed by atoms with van der Waals surface area (Å²) in [5.74, 6) is 0.865. The van der Waals surface area contributed by atoms with Gasteiger partial charge >= 0.3 is 0 Å². The van der Waals surface area contributed by atoms with E-state index in [1.54, 1.807) is 12.5 Å². The standard InChI is InChI=1S/C20H21BrCl2N6S/c21-15-2-4-19(27-10-15)29(12-14-1-3-17(22)18(23)9-14)8-7-26-20(30)25-6-5-16-11-24-13-28-16/h1-4,9-11,13H,5-8,12H2,(H,24,28)(H2,25,26,30).